The van der Waals surface area contributed by atoms with E-state index in [1.54, 1.807) is 0 Å². The highest BCUT2D eigenvalue weighted by molar-refractivity contribution is 5.77. The van der Waals surface area contributed by atoms with Crippen LogP contribution in [0.25, 0.3) is 0 Å². The Hall–Kier alpha value is -2.42. The standard InChI is InChI=1S/C50H85NO41/c1-11(59)51-12(2-52)21(61)39(13(60)3-53)88-48-38(78)41(90-50-43(33(73)26(66)18(8-58)85-50)92-47-36(76)31(71)24(64)16(6-56)83-47)28(68)20(87-48)9-79-44-37(77)40(89-45-34(74)29(69)22(62)14(4-54)81-45)27(67)19(86-44)10-80-49-42(32(72)25(65)17(7-57)84-49)91-46-35(75)30(70)23(63)15(5-55)82-46/h2,12-50,53-58,60-78H,3-10H2,1H3,(H,51,59)/t12-,13+,14+,15+,16+,17+,18+,19+,20+,21+,22+,23+,24+,25+,26+,27+,28+,29-,30-,31-,32-,33-,34-,35-,36-,37-,38-,39+,40-,41-,42-,43-,44-,45+,46+,47+,48-,49-,50+/m0/s1. The van der Waals surface area contributed by atoms with E-state index >= 15 is 0 Å². The van der Waals surface area contributed by atoms with E-state index in [4.69, 9.17) is 66.3 Å². The van der Waals surface area contributed by atoms with Crippen LogP contribution in [0.3, 0.4) is 0 Å². The first-order valence-electron chi connectivity index (χ1n) is 28.9. The molecule has 92 heavy (non-hydrogen) atoms. The van der Waals surface area contributed by atoms with Crippen LogP contribution in [0.5, 0.6) is 0 Å². The van der Waals surface area contributed by atoms with E-state index in [2.05, 4.69) is 5.32 Å². The van der Waals surface area contributed by atoms with Crippen LogP contribution in [0.15, 0.2) is 0 Å². The van der Waals surface area contributed by atoms with Crippen molar-refractivity contribution in [1.29, 1.82) is 0 Å². The third-order valence-corrected chi connectivity index (χ3v) is 16.6. The van der Waals surface area contributed by atoms with Gasteiger partial charge in [0.25, 0.3) is 0 Å². The fourth-order valence-corrected chi connectivity index (χ4v) is 11.1. The first-order valence-corrected chi connectivity index (χ1v) is 28.9. The minimum atomic E-state index is -2.52. The number of carbonyl (C=O) groups is 2. The van der Waals surface area contributed by atoms with Gasteiger partial charge in [0.05, 0.1) is 52.9 Å². The van der Waals surface area contributed by atoms with Crippen LogP contribution in [-0.4, -0.2) is 432 Å². The van der Waals surface area contributed by atoms with Gasteiger partial charge in [-0.3, -0.25) is 4.79 Å². The molecule has 26 N–H and O–H groups in total. The number of hydrogen-bond donors (Lipinski definition) is 26. The summed E-state index contributed by atoms with van der Waals surface area (Å²) in [5.74, 6) is -0.918. The fraction of sp³-hybridized carbons (Fsp3) is 0.960. The summed E-state index contributed by atoms with van der Waals surface area (Å²) in [5.41, 5.74) is 0. The Morgan fingerprint density at radius 3 is 1.08 bits per heavy atom. The maximum absolute atomic E-state index is 12.2. The maximum atomic E-state index is 12.2. The highest BCUT2D eigenvalue weighted by Crippen LogP contribution is 2.37. The smallest absolute Gasteiger partial charge is 0.217 e. The molecule has 7 fully saturated rings. The van der Waals surface area contributed by atoms with Crippen LogP contribution in [0, 0.1) is 0 Å². The summed E-state index contributed by atoms with van der Waals surface area (Å²) >= 11 is 0. The van der Waals surface area contributed by atoms with Crippen molar-refractivity contribution in [3.05, 3.63) is 0 Å². The molecule has 1 amide bonds. The molecule has 0 spiro atoms. The second-order valence-corrected chi connectivity index (χ2v) is 22.8. The van der Waals surface area contributed by atoms with E-state index in [1.165, 1.54) is 0 Å². The summed E-state index contributed by atoms with van der Waals surface area (Å²) in [6.07, 6.45) is -80.6. The molecule has 0 radical (unpaired) electrons. The van der Waals surface area contributed by atoms with Gasteiger partial charge in [-0.1, -0.05) is 0 Å². The quantitative estimate of drug-likeness (QED) is 0.0340. The van der Waals surface area contributed by atoms with Gasteiger partial charge in [0.15, 0.2) is 44.0 Å². The molecule has 7 heterocycles. The fourth-order valence-electron chi connectivity index (χ4n) is 11.1. The topological polar surface area (TPSA) is 681 Å². The van der Waals surface area contributed by atoms with Crippen LogP contribution in [0.4, 0.5) is 0 Å². The lowest BCUT2D eigenvalue weighted by Crippen LogP contribution is -2.68. The van der Waals surface area contributed by atoms with E-state index in [9.17, 15) is 137 Å². The van der Waals surface area contributed by atoms with Gasteiger partial charge in [-0.15, -0.1) is 0 Å². The van der Waals surface area contributed by atoms with Gasteiger partial charge >= 0.3 is 0 Å². The largest absolute Gasteiger partial charge is 0.394 e. The number of ether oxygens (including phenoxy) is 14. The van der Waals surface area contributed by atoms with Crippen LogP contribution in [0.2, 0.25) is 0 Å². The van der Waals surface area contributed by atoms with Gasteiger partial charge in [0.1, 0.15) is 202 Å². The van der Waals surface area contributed by atoms with Gasteiger partial charge < -0.3 is 204 Å². The lowest BCUT2D eigenvalue weighted by Gasteiger charge is -2.49. The summed E-state index contributed by atoms with van der Waals surface area (Å²) in [4.78, 5) is 24.2. The van der Waals surface area contributed by atoms with E-state index in [1.807, 2.05) is 0 Å². The predicted molar refractivity (Wildman–Crippen MR) is 277 cm³/mol. The van der Waals surface area contributed by atoms with E-state index < -0.39 is 298 Å². The number of aliphatic hydroxyl groups excluding tert-OH is 25. The minimum absolute atomic E-state index is 0.0122. The molecular formula is C50H85NO41. The van der Waals surface area contributed by atoms with Gasteiger partial charge in [0.2, 0.25) is 5.91 Å². The van der Waals surface area contributed by atoms with Crippen LogP contribution in [0.1, 0.15) is 6.92 Å². The Bertz CT molecular complexity index is 2240. The van der Waals surface area contributed by atoms with Crippen molar-refractivity contribution in [1.82, 2.24) is 5.32 Å². The van der Waals surface area contributed by atoms with Crippen LogP contribution >= 0.6 is 0 Å². The third kappa shape index (κ3) is 16.8. The average molecular weight is 1360 g/mol. The molecule has 0 aromatic carbocycles. The zero-order valence-corrected chi connectivity index (χ0v) is 48.5. The Morgan fingerprint density at radius 2 is 0.696 bits per heavy atom. The molecule has 7 saturated heterocycles. The van der Waals surface area contributed by atoms with Gasteiger partial charge in [-0.2, -0.15) is 0 Å². The van der Waals surface area contributed by atoms with E-state index in [0.29, 0.717) is 0 Å². The average Bonchev–Trinajstić information content (AvgIpc) is 0.930. The maximum Gasteiger partial charge on any atom is 0.217 e. The molecule has 42 nitrogen and oxygen atoms in total. The lowest BCUT2D eigenvalue weighted by molar-refractivity contribution is -0.395. The normalized spacial score (nSPS) is 48.5. The summed E-state index contributed by atoms with van der Waals surface area (Å²) in [6.45, 7) is -7.76. The SMILES string of the molecule is CC(=O)N[C@@H](C=O)[C@@H](O)[C@H](O[C@@H]1O[C@H](CO[C@H]2O[C@H](CO[C@H]3O[C@H](CO)[C@@H](O)[C@H](O)[C@@H]3O[C@H]3O[C@H](CO)[C@@H](O)[C@H](O)[C@@H]3O)[C@@H](O)[C@H](O[C@H]3O[C@H](CO)[C@@H](O)[C@H](O)[C@@H]3O)[C@@H]2O)[C@@H](O)[C@H](O[C@H]2O[C@H](CO)[C@@H](O)[C@H](O)[C@@H]2O[C@H]2O[C@H](CO)[C@@H](O)[C@H](O)[C@@H]2O)[C@@H]1O)[C@H](O)CO. The number of carbonyl (C=O) groups excluding carboxylic acids is 2. The van der Waals surface area contributed by atoms with Gasteiger partial charge in [-0.05, 0) is 0 Å². The number of aliphatic hydroxyl groups is 25. The molecular weight excluding hydrogens is 1270 g/mol. The van der Waals surface area contributed by atoms with Crippen LogP contribution < -0.4 is 5.32 Å². The number of nitrogens with one attached hydrogen (secondary N) is 1. The molecule has 7 rings (SSSR count). The van der Waals surface area contributed by atoms with Crippen molar-refractivity contribution in [2.75, 3.05) is 52.9 Å². The third-order valence-electron chi connectivity index (χ3n) is 16.6. The molecule has 39 atom stereocenters. The van der Waals surface area contributed by atoms with Crippen molar-refractivity contribution in [3.63, 3.8) is 0 Å². The molecule has 536 valence electrons. The van der Waals surface area contributed by atoms with E-state index in [-0.39, 0.29) is 6.29 Å². The second-order valence-electron chi connectivity index (χ2n) is 22.8. The van der Waals surface area contributed by atoms with Crippen molar-refractivity contribution >= 4 is 12.2 Å². The summed E-state index contributed by atoms with van der Waals surface area (Å²) < 4.78 is 80.0. The molecule has 7 aliphatic heterocycles. The molecule has 0 aromatic heterocycles. The minimum Gasteiger partial charge on any atom is -0.394 e. The second kappa shape index (κ2) is 33.9. The Morgan fingerprint density at radius 1 is 0.380 bits per heavy atom. The molecule has 0 saturated carbocycles. The zero-order valence-electron chi connectivity index (χ0n) is 48.5. The van der Waals surface area contributed by atoms with Crippen molar-refractivity contribution in [2.24, 2.45) is 0 Å². The molecule has 0 bridgehead atoms. The summed E-state index contributed by atoms with van der Waals surface area (Å²) in [6, 6.07) is -1.94. The number of amides is 1. The molecule has 42 heteroatoms. The van der Waals surface area contributed by atoms with Crippen molar-refractivity contribution in [3.8, 4) is 0 Å². The molecule has 7 aliphatic rings. The monoisotopic (exact) mass is 1360 g/mol. The molecule has 0 aliphatic carbocycles. The van der Waals surface area contributed by atoms with E-state index in [0.717, 1.165) is 6.92 Å². The lowest BCUT2D eigenvalue weighted by atomic mass is 9.95. The zero-order chi connectivity index (χ0) is 68.1. The molecule has 0 aromatic rings. The number of aldehydes is 1. The molecule has 0 unspecified atom stereocenters. The van der Waals surface area contributed by atoms with Gasteiger partial charge in [0, 0.05) is 6.92 Å². The highest BCUT2D eigenvalue weighted by atomic mass is 16.8. The number of hydrogen-bond acceptors (Lipinski definition) is 41. The van der Waals surface area contributed by atoms with Crippen molar-refractivity contribution < 1.29 is 204 Å². The predicted octanol–water partition coefficient (Wildman–Crippen LogP) is -18.5. The summed E-state index contributed by atoms with van der Waals surface area (Å²) in [5, 5.41) is 272. The Kier molecular flexibility index (Phi) is 28.3. The van der Waals surface area contributed by atoms with Crippen LogP contribution in [-0.2, 0) is 75.9 Å². The van der Waals surface area contributed by atoms with Crippen molar-refractivity contribution in [2.45, 2.75) is 246 Å². The number of rotatable bonds is 27. The Labute approximate surface area is 519 Å². The highest BCUT2D eigenvalue weighted by Gasteiger charge is 2.58. The first kappa shape index (κ1) is 76.9. The summed E-state index contributed by atoms with van der Waals surface area (Å²) in [7, 11) is 0. The van der Waals surface area contributed by atoms with Gasteiger partial charge in [-0.25, -0.2) is 0 Å². The Balaban J connectivity index is 1.22. The first-order chi connectivity index (χ1) is 43.5.